The van der Waals surface area contributed by atoms with Crippen LogP contribution in [0.1, 0.15) is 36.1 Å². The van der Waals surface area contributed by atoms with Crippen molar-refractivity contribution < 1.29 is 14.6 Å². The van der Waals surface area contributed by atoms with Crippen LogP contribution in [-0.4, -0.2) is 29.4 Å². The number of ether oxygens (including phenoxy) is 2. The lowest BCUT2D eigenvalue weighted by Gasteiger charge is -2.44. The fourth-order valence-corrected chi connectivity index (χ4v) is 6.61. The Hall–Kier alpha value is -2.89. The maximum atomic E-state index is 12.8. The molecule has 0 radical (unpaired) electrons. The zero-order chi connectivity index (χ0) is 25.2. The van der Waals surface area contributed by atoms with E-state index in [0.717, 1.165) is 22.3 Å². The molecule has 0 aromatic heterocycles. The number of hydrogen-bond acceptors (Lipinski definition) is 4. The molecule has 4 aromatic carbocycles. The molecule has 0 aliphatic carbocycles. The molecule has 1 heterocycles. The summed E-state index contributed by atoms with van der Waals surface area (Å²) in [6.45, 7) is 3.86. The number of aliphatic hydroxyl groups is 1. The van der Waals surface area contributed by atoms with E-state index in [1.54, 1.807) is 11.8 Å². The Morgan fingerprint density at radius 1 is 0.583 bits per heavy atom. The van der Waals surface area contributed by atoms with Gasteiger partial charge in [-0.05, 0) is 42.4 Å². The summed E-state index contributed by atoms with van der Waals surface area (Å²) in [5, 5.41) is 12.8. The topological polar surface area (TPSA) is 38.7 Å². The van der Waals surface area contributed by atoms with Gasteiger partial charge in [-0.25, -0.2) is 0 Å². The Morgan fingerprint density at radius 3 is 1.28 bits per heavy atom. The van der Waals surface area contributed by atoms with Gasteiger partial charge in [0.15, 0.2) is 5.79 Å². The van der Waals surface area contributed by atoms with Crippen LogP contribution < -0.4 is 0 Å². The van der Waals surface area contributed by atoms with Crippen LogP contribution in [0.3, 0.4) is 0 Å². The summed E-state index contributed by atoms with van der Waals surface area (Å²) in [5.74, 6) is -0.905. The molecule has 0 saturated carbocycles. The van der Waals surface area contributed by atoms with Crippen LogP contribution in [0.4, 0.5) is 0 Å². The standard InChI is InChI=1S/C32H32O3S/c1-30(2)34-28(31(33,24-16-8-4-9-17-24)25-18-10-5-11-19-25)29(35-30)32(36-3,26-20-12-6-13-21-26)27-22-14-7-15-23-27/h4-23,28-29,33H,1-3H3/t28-,29-/m1/s1. The van der Waals surface area contributed by atoms with Crippen LogP contribution in [0.25, 0.3) is 0 Å². The molecule has 3 nitrogen and oxygen atoms in total. The lowest BCUT2D eigenvalue weighted by atomic mass is 9.74. The Morgan fingerprint density at radius 2 is 0.917 bits per heavy atom. The lowest BCUT2D eigenvalue weighted by molar-refractivity contribution is -0.166. The lowest BCUT2D eigenvalue weighted by Crippen LogP contribution is -2.53. The monoisotopic (exact) mass is 496 g/mol. The number of thioether (sulfide) groups is 1. The summed E-state index contributed by atoms with van der Waals surface area (Å²) in [5.41, 5.74) is 2.28. The molecule has 0 unspecified atom stereocenters. The van der Waals surface area contributed by atoms with Crippen molar-refractivity contribution in [2.45, 2.75) is 42.2 Å². The summed E-state index contributed by atoms with van der Waals surface area (Å²) in [7, 11) is 0. The van der Waals surface area contributed by atoms with Crippen LogP contribution in [0.15, 0.2) is 121 Å². The summed E-state index contributed by atoms with van der Waals surface area (Å²) < 4.78 is 12.9. The van der Waals surface area contributed by atoms with Gasteiger partial charge >= 0.3 is 0 Å². The van der Waals surface area contributed by atoms with E-state index < -0.39 is 28.3 Å². The van der Waals surface area contributed by atoms with Crippen LogP contribution >= 0.6 is 11.8 Å². The van der Waals surface area contributed by atoms with Gasteiger partial charge in [0.25, 0.3) is 0 Å². The molecule has 0 amide bonds. The Bertz CT molecular complexity index is 1180. The Balaban J connectivity index is 1.79. The van der Waals surface area contributed by atoms with Crippen molar-refractivity contribution in [3.8, 4) is 0 Å². The summed E-state index contributed by atoms with van der Waals surface area (Å²) >= 11 is 1.72. The smallest absolute Gasteiger partial charge is 0.164 e. The van der Waals surface area contributed by atoms with E-state index in [2.05, 4.69) is 54.8 Å². The van der Waals surface area contributed by atoms with Crippen molar-refractivity contribution in [1.29, 1.82) is 0 Å². The summed E-state index contributed by atoms with van der Waals surface area (Å²) in [6.07, 6.45) is 0.887. The van der Waals surface area contributed by atoms with E-state index in [1.165, 1.54) is 0 Å². The van der Waals surface area contributed by atoms with Gasteiger partial charge in [0.05, 0.1) is 4.75 Å². The second-order valence-corrected chi connectivity index (χ2v) is 10.7. The molecule has 5 rings (SSSR count). The Kier molecular flexibility index (Phi) is 6.80. The summed E-state index contributed by atoms with van der Waals surface area (Å²) in [6, 6.07) is 40.4. The third kappa shape index (κ3) is 4.18. The van der Waals surface area contributed by atoms with Crippen LogP contribution in [0.5, 0.6) is 0 Å². The fraction of sp³-hybridized carbons (Fsp3) is 0.250. The van der Waals surface area contributed by atoms with Crippen LogP contribution in [-0.2, 0) is 19.8 Å². The SMILES string of the molecule is CSC(c1ccccc1)(c1ccccc1)[C@@H]1OC(C)(C)O[C@H]1C(O)(c1ccccc1)c1ccccc1. The zero-order valence-corrected chi connectivity index (χ0v) is 21.7. The van der Waals surface area contributed by atoms with Crippen LogP contribution in [0.2, 0.25) is 0 Å². The molecule has 4 heteroatoms. The minimum absolute atomic E-state index is 0.516. The van der Waals surface area contributed by atoms with Gasteiger partial charge in [0.1, 0.15) is 17.8 Å². The molecule has 1 fully saturated rings. The first-order chi connectivity index (χ1) is 17.4. The van der Waals surface area contributed by atoms with Crippen LogP contribution in [0, 0.1) is 0 Å². The molecule has 1 aliphatic heterocycles. The van der Waals surface area contributed by atoms with Gasteiger partial charge in [-0.1, -0.05) is 121 Å². The van der Waals surface area contributed by atoms with E-state index in [9.17, 15) is 5.11 Å². The zero-order valence-electron chi connectivity index (χ0n) is 20.9. The average molecular weight is 497 g/mol. The minimum atomic E-state index is -1.45. The second-order valence-electron chi connectivity index (χ2n) is 9.65. The van der Waals surface area contributed by atoms with Crippen molar-refractivity contribution in [2.75, 3.05) is 6.26 Å². The number of benzene rings is 4. The van der Waals surface area contributed by atoms with Gasteiger partial charge in [-0.2, -0.15) is 0 Å². The molecule has 184 valence electrons. The third-order valence-electron chi connectivity index (χ3n) is 7.06. The molecule has 2 atom stereocenters. The van der Waals surface area contributed by atoms with Gasteiger partial charge in [-0.3, -0.25) is 0 Å². The first-order valence-corrected chi connectivity index (χ1v) is 13.5. The first-order valence-electron chi connectivity index (χ1n) is 12.3. The molecule has 0 bridgehead atoms. The molecule has 1 saturated heterocycles. The minimum Gasteiger partial charge on any atom is -0.378 e. The average Bonchev–Trinajstić information content (AvgIpc) is 3.27. The molecule has 1 aliphatic rings. The quantitative estimate of drug-likeness (QED) is 0.307. The summed E-state index contributed by atoms with van der Waals surface area (Å²) in [4.78, 5) is 0. The van der Waals surface area contributed by atoms with Gasteiger partial charge < -0.3 is 14.6 Å². The predicted molar refractivity (Wildman–Crippen MR) is 147 cm³/mol. The number of rotatable bonds is 7. The van der Waals surface area contributed by atoms with E-state index in [0.29, 0.717) is 0 Å². The first kappa shape index (κ1) is 24.8. The second kappa shape index (κ2) is 9.87. The van der Waals surface area contributed by atoms with Gasteiger partial charge in [-0.15, -0.1) is 11.8 Å². The highest BCUT2D eigenvalue weighted by atomic mass is 32.2. The molecular weight excluding hydrogens is 464 g/mol. The van der Waals surface area contributed by atoms with E-state index >= 15 is 0 Å². The highest BCUT2D eigenvalue weighted by Gasteiger charge is 2.61. The highest BCUT2D eigenvalue weighted by molar-refractivity contribution is 7.99. The van der Waals surface area contributed by atoms with Crippen molar-refractivity contribution >= 4 is 11.8 Å². The van der Waals surface area contributed by atoms with Gasteiger partial charge in [0.2, 0.25) is 0 Å². The predicted octanol–water partition coefficient (Wildman–Crippen LogP) is 6.75. The van der Waals surface area contributed by atoms with E-state index in [-0.39, 0.29) is 0 Å². The van der Waals surface area contributed by atoms with Crippen molar-refractivity contribution in [2.24, 2.45) is 0 Å². The fourth-order valence-electron chi connectivity index (χ4n) is 5.46. The highest BCUT2D eigenvalue weighted by Crippen LogP contribution is 2.55. The van der Waals surface area contributed by atoms with Gasteiger partial charge in [0, 0.05) is 0 Å². The third-order valence-corrected chi connectivity index (χ3v) is 8.41. The largest absolute Gasteiger partial charge is 0.378 e. The molecule has 1 N–H and O–H groups in total. The molecule has 36 heavy (non-hydrogen) atoms. The Labute approximate surface area is 218 Å². The number of hydrogen-bond donors (Lipinski definition) is 1. The maximum Gasteiger partial charge on any atom is 0.164 e. The van der Waals surface area contributed by atoms with E-state index in [1.807, 2.05) is 86.6 Å². The maximum absolute atomic E-state index is 12.8. The molecular formula is C32H32O3S. The van der Waals surface area contributed by atoms with Crippen molar-refractivity contribution in [3.05, 3.63) is 144 Å². The molecule has 0 spiro atoms. The van der Waals surface area contributed by atoms with E-state index in [4.69, 9.17) is 9.47 Å². The van der Waals surface area contributed by atoms with Crippen molar-refractivity contribution in [3.63, 3.8) is 0 Å². The molecule has 4 aromatic rings. The normalized spacial score (nSPS) is 19.8. The van der Waals surface area contributed by atoms with Crippen molar-refractivity contribution in [1.82, 2.24) is 0 Å².